The summed E-state index contributed by atoms with van der Waals surface area (Å²) < 4.78 is 1.51. The molecule has 0 spiro atoms. The maximum Gasteiger partial charge on any atom is 0.256 e. The summed E-state index contributed by atoms with van der Waals surface area (Å²) in [5.74, 6) is -0.203. The summed E-state index contributed by atoms with van der Waals surface area (Å²) in [4.78, 5) is 31.2. The van der Waals surface area contributed by atoms with Crippen LogP contribution in [0.3, 0.4) is 0 Å². The number of carbonyl (C=O) groups excluding carboxylic acids is 2. The van der Waals surface area contributed by atoms with Gasteiger partial charge in [-0.05, 0) is 30.4 Å². The number of nitrogens with zero attached hydrogens (tertiary/aromatic N) is 4. The largest absolute Gasteiger partial charge is 0.396 e. The second-order valence-electron chi connectivity index (χ2n) is 5.92. The van der Waals surface area contributed by atoms with Gasteiger partial charge in [0.05, 0.1) is 16.1 Å². The molecular formula is C16H16N6O2S. The zero-order chi connectivity index (χ0) is 17.6. The standard InChI is InChI=1S/C16H16N6O2S/c17-10-7-9(16(24)21-5-1-3-11(21)13(18)23)8-22-15(10)19-14(20-22)12-4-2-6-25-12/h2,4,6-8,11H,1,3,5,17H2,(H2,18,23). The summed E-state index contributed by atoms with van der Waals surface area (Å²) in [6.07, 6.45) is 2.93. The fraction of sp³-hybridized carbons (Fsp3) is 0.250. The fourth-order valence-corrected chi connectivity index (χ4v) is 3.76. The van der Waals surface area contributed by atoms with Crippen molar-refractivity contribution in [1.29, 1.82) is 0 Å². The van der Waals surface area contributed by atoms with E-state index in [1.165, 1.54) is 20.8 Å². The zero-order valence-corrected chi connectivity index (χ0v) is 14.1. The van der Waals surface area contributed by atoms with Crippen LogP contribution in [-0.4, -0.2) is 43.9 Å². The molecule has 1 fully saturated rings. The van der Waals surface area contributed by atoms with Gasteiger partial charge in [0.25, 0.3) is 5.91 Å². The molecule has 1 aliphatic heterocycles. The van der Waals surface area contributed by atoms with Crippen molar-refractivity contribution in [2.75, 3.05) is 12.3 Å². The van der Waals surface area contributed by atoms with Crippen molar-refractivity contribution < 1.29 is 9.59 Å². The Morgan fingerprint density at radius 1 is 1.36 bits per heavy atom. The average molecular weight is 356 g/mol. The first-order chi connectivity index (χ1) is 12.0. The molecule has 1 unspecified atom stereocenters. The van der Waals surface area contributed by atoms with Crippen LogP contribution in [0.4, 0.5) is 5.69 Å². The Morgan fingerprint density at radius 2 is 2.20 bits per heavy atom. The van der Waals surface area contributed by atoms with Gasteiger partial charge in [-0.15, -0.1) is 16.4 Å². The van der Waals surface area contributed by atoms with E-state index in [4.69, 9.17) is 11.5 Å². The molecule has 1 atom stereocenters. The van der Waals surface area contributed by atoms with Gasteiger partial charge in [-0.2, -0.15) is 0 Å². The second-order valence-corrected chi connectivity index (χ2v) is 6.87. The number of anilines is 1. The van der Waals surface area contributed by atoms with E-state index in [1.807, 2.05) is 17.5 Å². The van der Waals surface area contributed by atoms with E-state index in [1.54, 1.807) is 12.3 Å². The van der Waals surface area contributed by atoms with Crippen molar-refractivity contribution in [1.82, 2.24) is 19.5 Å². The molecule has 0 aliphatic carbocycles. The van der Waals surface area contributed by atoms with Crippen molar-refractivity contribution in [2.45, 2.75) is 18.9 Å². The molecule has 1 aliphatic rings. The third-order valence-electron chi connectivity index (χ3n) is 4.29. The van der Waals surface area contributed by atoms with E-state index in [2.05, 4.69) is 10.1 Å². The van der Waals surface area contributed by atoms with Crippen LogP contribution in [0.15, 0.2) is 29.8 Å². The number of nitrogen functional groups attached to an aromatic ring is 1. The minimum Gasteiger partial charge on any atom is -0.396 e. The third-order valence-corrected chi connectivity index (χ3v) is 5.16. The van der Waals surface area contributed by atoms with Gasteiger partial charge in [-0.25, -0.2) is 9.50 Å². The highest BCUT2D eigenvalue weighted by atomic mass is 32.1. The monoisotopic (exact) mass is 356 g/mol. The molecule has 4 rings (SSSR count). The maximum absolute atomic E-state index is 12.8. The number of primary amides is 1. The van der Waals surface area contributed by atoms with Gasteiger partial charge in [-0.1, -0.05) is 6.07 Å². The number of hydrogen-bond donors (Lipinski definition) is 2. The third kappa shape index (κ3) is 2.62. The summed E-state index contributed by atoms with van der Waals surface area (Å²) in [5.41, 5.74) is 12.7. The Labute approximate surface area is 147 Å². The van der Waals surface area contributed by atoms with Crippen molar-refractivity contribution >= 4 is 34.5 Å². The molecule has 3 aromatic heterocycles. The predicted octanol–water partition coefficient (Wildman–Crippen LogP) is 1.13. The number of pyridine rings is 1. The molecule has 3 aromatic rings. The molecule has 8 nitrogen and oxygen atoms in total. The topological polar surface area (TPSA) is 120 Å². The fourth-order valence-electron chi connectivity index (χ4n) is 3.11. The number of nitrogens with two attached hydrogens (primary N) is 2. The average Bonchev–Trinajstić information content (AvgIpc) is 3.31. The molecule has 25 heavy (non-hydrogen) atoms. The Morgan fingerprint density at radius 3 is 2.92 bits per heavy atom. The van der Waals surface area contributed by atoms with E-state index in [-0.39, 0.29) is 5.91 Å². The van der Waals surface area contributed by atoms with Gasteiger partial charge in [0.1, 0.15) is 6.04 Å². The summed E-state index contributed by atoms with van der Waals surface area (Å²) in [6.45, 7) is 0.502. The van der Waals surface area contributed by atoms with E-state index < -0.39 is 11.9 Å². The molecule has 0 saturated carbocycles. The SMILES string of the molecule is NC(=O)C1CCCN1C(=O)c1cc(N)c2nc(-c3cccs3)nn2c1. The summed E-state index contributed by atoms with van der Waals surface area (Å²) in [5, 5.41) is 6.35. The Balaban J connectivity index is 1.73. The van der Waals surface area contributed by atoms with Gasteiger partial charge in [0, 0.05) is 12.7 Å². The molecule has 9 heteroatoms. The lowest BCUT2D eigenvalue weighted by Gasteiger charge is -2.22. The molecule has 128 valence electrons. The molecule has 4 heterocycles. The molecule has 2 amide bonds. The first-order valence-electron chi connectivity index (χ1n) is 7.84. The maximum atomic E-state index is 12.8. The molecular weight excluding hydrogens is 340 g/mol. The number of amides is 2. The quantitative estimate of drug-likeness (QED) is 0.729. The Bertz CT molecular complexity index is 965. The highest BCUT2D eigenvalue weighted by Crippen LogP contribution is 2.25. The molecule has 0 radical (unpaired) electrons. The van der Waals surface area contributed by atoms with Crippen LogP contribution in [0, 0.1) is 0 Å². The van der Waals surface area contributed by atoms with E-state index in [0.29, 0.717) is 35.7 Å². The van der Waals surface area contributed by atoms with Crippen LogP contribution in [-0.2, 0) is 4.79 Å². The van der Waals surface area contributed by atoms with E-state index in [0.717, 1.165) is 11.3 Å². The zero-order valence-electron chi connectivity index (χ0n) is 13.3. The molecule has 1 saturated heterocycles. The summed E-state index contributed by atoms with van der Waals surface area (Å²) in [7, 11) is 0. The Kier molecular flexibility index (Phi) is 3.65. The molecule has 0 bridgehead atoms. The van der Waals surface area contributed by atoms with Crippen LogP contribution >= 0.6 is 11.3 Å². The Hall–Kier alpha value is -2.94. The number of fused-ring (bicyclic) bond motifs is 1. The first kappa shape index (κ1) is 15.6. The van der Waals surface area contributed by atoms with Crippen LogP contribution < -0.4 is 11.5 Å². The number of carbonyl (C=O) groups is 2. The highest BCUT2D eigenvalue weighted by Gasteiger charge is 2.33. The van der Waals surface area contributed by atoms with Crippen LogP contribution in [0.5, 0.6) is 0 Å². The first-order valence-corrected chi connectivity index (χ1v) is 8.72. The number of aromatic nitrogens is 3. The van der Waals surface area contributed by atoms with E-state index in [9.17, 15) is 9.59 Å². The lowest BCUT2D eigenvalue weighted by molar-refractivity contribution is -0.121. The molecule has 0 aromatic carbocycles. The summed E-state index contributed by atoms with van der Waals surface area (Å²) >= 11 is 1.53. The van der Waals surface area contributed by atoms with Gasteiger partial charge in [-0.3, -0.25) is 9.59 Å². The van der Waals surface area contributed by atoms with Gasteiger partial charge >= 0.3 is 0 Å². The lowest BCUT2D eigenvalue weighted by atomic mass is 10.2. The number of likely N-dealkylation sites (tertiary alicyclic amines) is 1. The van der Waals surface area contributed by atoms with Crippen LogP contribution in [0.25, 0.3) is 16.3 Å². The van der Waals surface area contributed by atoms with Crippen molar-refractivity contribution in [2.24, 2.45) is 5.73 Å². The number of thiophene rings is 1. The van der Waals surface area contributed by atoms with Crippen molar-refractivity contribution in [3.63, 3.8) is 0 Å². The predicted molar refractivity (Wildman–Crippen MR) is 94.0 cm³/mol. The highest BCUT2D eigenvalue weighted by molar-refractivity contribution is 7.13. The van der Waals surface area contributed by atoms with Gasteiger partial charge in [0.15, 0.2) is 11.5 Å². The smallest absolute Gasteiger partial charge is 0.256 e. The number of rotatable bonds is 3. The normalized spacial score (nSPS) is 17.3. The summed E-state index contributed by atoms with van der Waals surface area (Å²) in [6, 6.07) is 4.84. The van der Waals surface area contributed by atoms with Gasteiger partial charge < -0.3 is 16.4 Å². The minimum atomic E-state index is -0.568. The van der Waals surface area contributed by atoms with E-state index >= 15 is 0 Å². The molecule has 4 N–H and O–H groups in total. The second kappa shape index (κ2) is 5.85. The van der Waals surface area contributed by atoms with Crippen LogP contribution in [0.2, 0.25) is 0 Å². The lowest BCUT2D eigenvalue weighted by Crippen LogP contribution is -2.43. The van der Waals surface area contributed by atoms with Crippen molar-refractivity contribution in [3.05, 3.63) is 35.3 Å². The van der Waals surface area contributed by atoms with Gasteiger partial charge in [0.2, 0.25) is 5.91 Å². The minimum absolute atomic E-state index is 0.275. The van der Waals surface area contributed by atoms with Crippen LogP contribution in [0.1, 0.15) is 23.2 Å². The van der Waals surface area contributed by atoms with Crippen molar-refractivity contribution in [3.8, 4) is 10.7 Å². The number of hydrogen-bond acceptors (Lipinski definition) is 6.